The van der Waals surface area contributed by atoms with Crippen LogP contribution in [0.1, 0.15) is 5.56 Å². The second-order valence-corrected chi connectivity index (χ2v) is 5.00. The third-order valence-electron chi connectivity index (χ3n) is 3.24. The van der Waals surface area contributed by atoms with E-state index in [9.17, 15) is 0 Å². The molecule has 2 rings (SSSR count). The number of hydrogen-bond donors (Lipinski definition) is 1. The van der Waals surface area contributed by atoms with Gasteiger partial charge in [-0.15, -0.1) is 0 Å². The van der Waals surface area contributed by atoms with E-state index in [0.717, 1.165) is 35.8 Å². The van der Waals surface area contributed by atoms with Crippen LogP contribution in [0.3, 0.4) is 0 Å². The number of benzene rings is 1. The van der Waals surface area contributed by atoms with Gasteiger partial charge in [-0.05, 0) is 30.2 Å². The van der Waals surface area contributed by atoms with Crippen molar-refractivity contribution in [2.45, 2.75) is 6.42 Å². The van der Waals surface area contributed by atoms with E-state index in [1.165, 1.54) is 0 Å². The summed E-state index contributed by atoms with van der Waals surface area (Å²) in [5.41, 5.74) is 1.16. The number of methoxy groups -OCH3 is 2. The average Bonchev–Trinajstić information content (AvgIpc) is 2.55. The lowest BCUT2D eigenvalue weighted by atomic mass is 10.1. The Morgan fingerprint density at radius 2 is 1.86 bits per heavy atom. The summed E-state index contributed by atoms with van der Waals surface area (Å²) in [6.07, 6.45) is 2.59. The largest absolute Gasteiger partial charge is 0.493 e. The van der Waals surface area contributed by atoms with Crippen LogP contribution in [0.4, 0.5) is 11.8 Å². The summed E-state index contributed by atoms with van der Waals surface area (Å²) in [4.78, 5) is 10.6. The number of nitrogens with zero attached hydrogens (tertiary/aromatic N) is 3. The van der Waals surface area contributed by atoms with Gasteiger partial charge in [0, 0.05) is 26.8 Å². The fraction of sp³-hybridized carbons (Fsp3) is 0.375. The molecule has 0 amide bonds. The highest BCUT2D eigenvalue weighted by Crippen LogP contribution is 2.27. The Bertz CT molecular complexity index is 617. The summed E-state index contributed by atoms with van der Waals surface area (Å²) >= 11 is 0. The van der Waals surface area contributed by atoms with Crippen LogP contribution in [0, 0.1) is 0 Å². The van der Waals surface area contributed by atoms with Crippen LogP contribution in [-0.2, 0) is 6.42 Å². The SMILES string of the molecule is COc1ccc(CCNc2nccc(N(C)C)n2)cc1OC. The summed E-state index contributed by atoms with van der Waals surface area (Å²) in [5.74, 6) is 2.99. The first-order valence-corrected chi connectivity index (χ1v) is 7.09. The zero-order chi connectivity index (χ0) is 15.9. The molecule has 1 N–H and O–H groups in total. The van der Waals surface area contributed by atoms with Gasteiger partial charge in [0.15, 0.2) is 11.5 Å². The Balaban J connectivity index is 1.95. The number of ether oxygens (including phenoxy) is 2. The Morgan fingerprint density at radius 1 is 1.09 bits per heavy atom. The van der Waals surface area contributed by atoms with E-state index in [0.29, 0.717) is 5.95 Å². The third-order valence-corrected chi connectivity index (χ3v) is 3.24. The third kappa shape index (κ3) is 4.00. The molecule has 0 saturated heterocycles. The van der Waals surface area contributed by atoms with Gasteiger partial charge < -0.3 is 19.7 Å². The van der Waals surface area contributed by atoms with Gasteiger partial charge in [-0.25, -0.2) is 4.98 Å². The van der Waals surface area contributed by atoms with Crippen LogP contribution in [0.2, 0.25) is 0 Å². The van der Waals surface area contributed by atoms with E-state index in [1.54, 1.807) is 20.4 Å². The van der Waals surface area contributed by atoms with Gasteiger partial charge in [-0.2, -0.15) is 4.98 Å². The predicted octanol–water partition coefficient (Wildman–Crippen LogP) is 2.21. The molecule has 0 atom stereocenters. The van der Waals surface area contributed by atoms with Crippen LogP contribution in [-0.4, -0.2) is 44.8 Å². The molecule has 0 bridgehead atoms. The highest BCUT2D eigenvalue weighted by molar-refractivity contribution is 5.43. The molecular weight excluding hydrogens is 280 g/mol. The first-order chi connectivity index (χ1) is 10.6. The van der Waals surface area contributed by atoms with E-state index >= 15 is 0 Å². The van der Waals surface area contributed by atoms with Gasteiger partial charge in [-0.3, -0.25) is 0 Å². The predicted molar refractivity (Wildman–Crippen MR) is 88.1 cm³/mol. The summed E-state index contributed by atoms with van der Waals surface area (Å²) in [6, 6.07) is 7.80. The Hall–Kier alpha value is -2.50. The lowest BCUT2D eigenvalue weighted by molar-refractivity contribution is 0.354. The van der Waals surface area contributed by atoms with E-state index in [2.05, 4.69) is 15.3 Å². The Kier molecular flexibility index (Phi) is 5.41. The molecule has 0 saturated carbocycles. The molecule has 0 spiro atoms. The molecule has 0 unspecified atom stereocenters. The smallest absolute Gasteiger partial charge is 0.224 e. The average molecular weight is 302 g/mol. The molecule has 1 aromatic carbocycles. The standard InChI is InChI=1S/C16H22N4O2/c1-20(2)15-8-10-18-16(19-15)17-9-7-12-5-6-13(21-3)14(11-12)22-4/h5-6,8,10-11H,7,9H2,1-4H3,(H,17,18,19). The molecular formula is C16H22N4O2. The van der Waals surface area contributed by atoms with Gasteiger partial charge in [-0.1, -0.05) is 6.07 Å². The molecule has 0 aliphatic carbocycles. The van der Waals surface area contributed by atoms with E-state index in [1.807, 2.05) is 43.3 Å². The lowest BCUT2D eigenvalue weighted by Crippen LogP contribution is -2.13. The minimum Gasteiger partial charge on any atom is -0.493 e. The first kappa shape index (κ1) is 15.9. The maximum absolute atomic E-state index is 5.31. The van der Waals surface area contributed by atoms with Gasteiger partial charge in [0.05, 0.1) is 14.2 Å². The molecule has 0 aliphatic rings. The van der Waals surface area contributed by atoms with Crippen LogP contribution in [0.15, 0.2) is 30.5 Å². The van der Waals surface area contributed by atoms with Crippen LogP contribution in [0.25, 0.3) is 0 Å². The molecule has 22 heavy (non-hydrogen) atoms. The molecule has 2 aromatic rings. The summed E-state index contributed by atoms with van der Waals surface area (Å²) < 4.78 is 10.5. The monoisotopic (exact) mass is 302 g/mol. The van der Waals surface area contributed by atoms with Gasteiger partial charge in [0.25, 0.3) is 0 Å². The molecule has 1 heterocycles. The maximum Gasteiger partial charge on any atom is 0.224 e. The van der Waals surface area contributed by atoms with Crippen molar-refractivity contribution in [2.24, 2.45) is 0 Å². The first-order valence-electron chi connectivity index (χ1n) is 7.09. The van der Waals surface area contributed by atoms with E-state index in [-0.39, 0.29) is 0 Å². The number of rotatable bonds is 7. The van der Waals surface area contributed by atoms with Gasteiger partial charge in [0.1, 0.15) is 5.82 Å². The molecule has 0 aliphatic heterocycles. The van der Waals surface area contributed by atoms with Crippen LogP contribution < -0.4 is 19.7 Å². The number of aromatic nitrogens is 2. The second kappa shape index (κ2) is 7.49. The van der Waals surface area contributed by atoms with Crippen molar-refractivity contribution < 1.29 is 9.47 Å². The molecule has 0 radical (unpaired) electrons. The number of nitrogens with one attached hydrogen (secondary N) is 1. The fourth-order valence-electron chi connectivity index (χ4n) is 2.04. The minimum absolute atomic E-state index is 0.631. The molecule has 6 heteroatoms. The maximum atomic E-state index is 5.31. The Morgan fingerprint density at radius 3 is 2.55 bits per heavy atom. The number of hydrogen-bond acceptors (Lipinski definition) is 6. The summed E-state index contributed by atoms with van der Waals surface area (Å²) in [7, 11) is 7.18. The van der Waals surface area contributed by atoms with Crippen molar-refractivity contribution in [3.8, 4) is 11.5 Å². The number of anilines is 2. The topological polar surface area (TPSA) is 59.5 Å². The van der Waals surface area contributed by atoms with Crippen molar-refractivity contribution in [2.75, 3.05) is 45.1 Å². The molecule has 6 nitrogen and oxygen atoms in total. The fourth-order valence-corrected chi connectivity index (χ4v) is 2.04. The Labute approximate surface area is 131 Å². The molecule has 0 fully saturated rings. The van der Waals surface area contributed by atoms with Crippen molar-refractivity contribution in [3.63, 3.8) is 0 Å². The van der Waals surface area contributed by atoms with E-state index < -0.39 is 0 Å². The van der Waals surface area contributed by atoms with Crippen LogP contribution >= 0.6 is 0 Å². The normalized spacial score (nSPS) is 10.2. The zero-order valence-electron chi connectivity index (χ0n) is 13.5. The quantitative estimate of drug-likeness (QED) is 0.846. The van der Waals surface area contributed by atoms with Gasteiger partial charge >= 0.3 is 0 Å². The van der Waals surface area contributed by atoms with Gasteiger partial charge in [0.2, 0.25) is 5.95 Å². The van der Waals surface area contributed by atoms with Crippen molar-refractivity contribution in [1.29, 1.82) is 0 Å². The van der Waals surface area contributed by atoms with Crippen molar-refractivity contribution in [3.05, 3.63) is 36.0 Å². The highest BCUT2D eigenvalue weighted by atomic mass is 16.5. The van der Waals surface area contributed by atoms with Crippen molar-refractivity contribution in [1.82, 2.24) is 9.97 Å². The molecule has 118 valence electrons. The molecule has 1 aromatic heterocycles. The van der Waals surface area contributed by atoms with Crippen LogP contribution in [0.5, 0.6) is 11.5 Å². The summed E-state index contributed by atoms with van der Waals surface area (Å²) in [6.45, 7) is 0.742. The summed E-state index contributed by atoms with van der Waals surface area (Å²) in [5, 5.41) is 3.23. The lowest BCUT2D eigenvalue weighted by Gasteiger charge is -2.12. The minimum atomic E-state index is 0.631. The highest BCUT2D eigenvalue weighted by Gasteiger charge is 2.05. The van der Waals surface area contributed by atoms with Crippen molar-refractivity contribution >= 4 is 11.8 Å². The second-order valence-electron chi connectivity index (χ2n) is 5.00. The zero-order valence-corrected chi connectivity index (χ0v) is 13.5. The van der Waals surface area contributed by atoms with E-state index in [4.69, 9.17) is 9.47 Å².